The van der Waals surface area contributed by atoms with Crippen molar-refractivity contribution in [3.8, 4) is 40.6 Å². The number of pyridine rings is 1. The number of benzene rings is 1. The third kappa shape index (κ3) is 1.93. The number of aromatic amines is 1. The van der Waals surface area contributed by atoms with Crippen LogP contribution in [0.25, 0.3) is 11.1 Å². The molecule has 0 spiro atoms. The molecule has 0 radical (unpaired) electrons. The average Bonchev–Trinajstić information content (AvgIpc) is 3.01. The van der Waals surface area contributed by atoms with Gasteiger partial charge in [0, 0.05) is 5.56 Å². The molecule has 0 unspecified atom stereocenters. The van der Waals surface area contributed by atoms with E-state index in [1.54, 1.807) is 18.2 Å². The number of methoxy groups -OCH3 is 1. The van der Waals surface area contributed by atoms with Gasteiger partial charge >= 0.3 is 5.88 Å². The lowest BCUT2D eigenvalue weighted by Gasteiger charge is -2.09. The number of rotatable bonds is 2. The van der Waals surface area contributed by atoms with Crippen LogP contribution >= 0.6 is 0 Å². The van der Waals surface area contributed by atoms with Crippen LogP contribution in [0.4, 0.5) is 5.82 Å². The summed E-state index contributed by atoms with van der Waals surface area (Å²) in [6.45, 7) is 0.142. The van der Waals surface area contributed by atoms with Gasteiger partial charge in [-0.05, 0) is 17.7 Å². The van der Waals surface area contributed by atoms with E-state index in [-0.39, 0.29) is 29.6 Å². The summed E-state index contributed by atoms with van der Waals surface area (Å²) in [6.07, 6.45) is 0. The Balaban J connectivity index is 2.32. The predicted molar refractivity (Wildman–Crippen MR) is 75.0 cm³/mol. The Hall–Kier alpha value is -3.45. The lowest BCUT2D eigenvalue weighted by Crippen LogP contribution is -2.18. The number of H-pyrrole nitrogens is 1. The smallest absolute Gasteiger partial charge is 0.300 e. The number of nitrogens with zero attached hydrogens (tertiary/aromatic N) is 2. The van der Waals surface area contributed by atoms with Crippen LogP contribution in [0.15, 0.2) is 18.2 Å². The first-order valence-electron chi connectivity index (χ1n) is 6.32. The van der Waals surface area contributed by atoms with Crippen LogP contribution in [0.3, 0.4) is 0 Å². The van der Waals surface area contributed by atoms with Gasteiger partial charge in [0.2, 0.25) is 6.79 Å². The van der Waals surface area contributed by atoms with E-state index in [2.05, 4.69) is 4.98 Å². The zero-order valence-electron chi connectivity index (χ0n) is 11.6. The summed E-state index contributed by atoms with van der Waals surface area (Å²) >= 11 is 0. The number of nitrogen functional groups attached to an aromatic ring is 1. The monoisotopic (exact) mass is 295 g/mol. The molecule has 0 saturated carbocycles. The zero-order chi connectivity index (χ0) is 15.7. The molecule has 7 nitrogen and oxygen atoms in total. The minimum absolute atomic E-state index is 0.131. The summed E-state index contributed by atoms with van der Waals surface area (Å²) in [5.74, 6) is 1.50. The molecule has 7 heteroatoms. The van der Waals surface area contributed by atoms with Crippen LogP contribution < -0.4 is 24.9 Å². The fourth-order valence-corrected chi connectivity index (χ4v) is 2.34. The van der Waals surface area contributed by atoms with Gasteiger partial charge in [-0.1, -0.05) is 6.07 Å². The second-order valence-electron chi connectivity index (χ2n) is 4.49. The molecule has 3 N–H and O–H groups in total. The number of nitrogens with one attached hydrogen (secondary N) is 1. The number of ether oxygens (including phenoxy) is 3. The molecule has 0 atom stereocenters. The van der Waals surface area contributed by atoms with Crippen molar-refractivity contribution < 1.29 is 19.2 Å². The lowest BCUT2D eigenvalue weighted by atomic mass is 9.96. The minimum Gasteiger partial charge on any atom is -0.465 e. The number of nitrogens with two attached hydrogens (primary N) is 1. The van der Waals surface area contributed by atoms with Crippen molar-refractivity contribution in [2.24, 2.45) is 0 Å². The number of hydrogen-bond donors (Lipinski definition) is 1. The molecule has 0 aliphatic carbocycles. The topological polar surface area (TPSA) is 115 Å². The lowest BCUT2D eigenvalue weighted by molar-refractivity contribution is -0.376. The van der Waals surface area contributed by atoms with E-state index in [1.807, 2.05) is 12.1 Å². The van der Waals surface area contributed by atoms with E-state index in [9.17, 15) is 10.5 Å². The maximum atomic E-state index is 9.44. The van der Waals surface area contributed by atoms with E-state index < -0.39 is 0 Å². The number of anilines is 1. The Kier molecular flexibility index (Phi) is 3.17. The van der Waals surface area contributed by atoms with Crippen molar-refractivity contribution in [2.45, 2.75) is 0 Å². The first-order chi connectivity index (χ1) is 10.7. The fraction of sp³-hybridized carbons (Fsp3) is 0.133. The van der Waals surface area contributed by atoms with Crippen molar-refractivity contribution in [1.82, 2.24) is 0 Å². The number of nitriles is 2. The molecule has 1 aliphatic heterocycles. The molecule has 2 heterocycles. The van der Waals surface area contributed by atoms with Gasteiger partial charge in [-0.2, -0.15) is 10.5 Å². The standard InChI is InChI=1S/C15H10N4O3/c1-20-15-10(6-17)13(9(5-16)14(18)19-15)8-2-3-11-12(4-8)22-7-21-11/h2-4H,7H2,1H3,(H2,18,19)/p+1. The highest BCUT2D eigenvalue weighted by Gasteiger charge is 2.25. The van der Waals surface area contributed by atoms with Crippen LogP contribution in [0.2, 0.25) is 0 Å². The SMILES string of the molecule is COc1[nH+]c(N)c(C#N)c(-c2ccc3c(c2)OCO3)c1C#N. The van der Waals surface area contributed by atoms with Crippen molar-refractivity contribution >= 4 is 5.82 Å². The molecular formula is C15H11N4O3+. The van der Waals surface area contributed by atoms with E-state index in [0.29, 0.717) is 22.6 Å². The number of aromatic nitrogens is 1. The van der Waals surface area contributed by atoms with Crippen molar-refractivity contribution in [1.29, 1.82) is 10.5 Å². The molecule has 0 bridgehead atoms. The van der Waals surface area contributed by atoms with Crippen LogP contribution in [-0.4, -0.2) is 13.9 Å². The highest BCUT2D eigenvalue weighted by molar-refractivity contribution is 5.82. The quantitative estimate of drug-likeness (QED) is 0.890. The van der Waals surface area contributed by atoms with Gasteiger partial charge in [0.15, 0.2) is 17.1 Å². The summed E-state index contributed by atoms with van der Waals surface area (Å²) in [5, 5.41) is 18.8. The van der Waals surface area contributed by atoms with Crippen LogP contribution in [0, 0.1) is 22.7 Å². The molecule has 1 aliphatic rings. The van der Waals surface area contributed by atoms with Crippen molar-refractivity contribution in [2.75, 3.05) is 19.6 Å². The molecule has 108 valence electrons. The molecule has 0 amide bonds. The van der Waals surface area contributed by atoms with E-state index >= 15 is 0 Å². The van der Waals surface area contributed by atoms with E-state index in [1.165, 1.54) is 7.11 Å². The number of hydrogen-bond acceptors (Lipinski definition) is 6. The third-order valence-corrected chi connectivity index (χ3v) is 3.33. The summed E-state index contributed by atoms with van der Waals surface area (Å²) in [7, 11) is 1.42. The maximum Gasteiger partial charge on any atom is 0.300 e. The summed E-state index contributed by atoms with van der Waals surface area (Å²) in [6, 6.07) is 9.24. The molecule has 0 saturated heterocycles. The molecule has 1 aromatic heterocycles. The second kappa shape index (κ2) is 5.15. The van der Waals surface area contributed by atoms with Crippen LogP contribution in [0.1, 0.15) is 11.1 Å². The van der Waals surface area contributed by atoms with Crippen molar-refractivity contribution in [3.63, 3.8) is 0 Å². The van der Waals surface area contributed by atoms with E-state index in [0.717, 1.165) is 0 Å². The van der Waals surface area contributed by atoms with E-state index in [4.69, 9.17) is 19.9 Å². The van der Waals surface area contributed by atoms with Crippen molar-refractivity contribution in [3.05, 3.63) is 29.3 Å². The molecular weight excluding hydrogens is 284 g/mol. The average molecular weight is 295 g/mol. The first kappa shape index (κ1) is 13.5. The molecule has 0 fully saturated rings. The summed E-state index contributed by atoms with van der Waals surface area (Å²) in [5.41, 5.74) is 7.26. The minimum atomic E-state index is 0.131. The summed E-state index contributed by atoms with van der Waals surface area (Å²) in [4.78, 5) is 2.71. The van der Waals surface area contributed by atoms with Gasteiger partial charge < -0.3 is 14.2 Å². The van der Waals surface area contributed by atoms with Gasteiger partial charge in [-0.15, -0.1) is 0 Å². The Bertz CT molecular complexity index is 849. The van der Waals surface area contributed by atoms with Gasteiger partial charge in [0.25, 0.3) is 5.82 Å². The van der Waals surface area contributed by atoms with Gasteiger partial charge in [-0.3, -0.25) is 5.73 Å². The Labute approximate surface area is 126 Å². The fourth-order valence-electron chi connectivity index (χ4n) is 2.34. The molecule has 3 rings (SSSR count). The largest absolute Gasteiger partial charge is 0.465 e. The molecule has 22 heavy (non-hydrogen) atoms. The third-order valence-electron chi connectivity index (χ3n) is 3.33. The van der Waals surface area contributed by atoms with Gasteiger partial charge in [0.1, 0.15) is 17.7 Å². The van der Waals surface area contributed by atoms with Crippen LogP contribution in [0.5, 0.6) is 17.4 Å². The maximum absolute atomic E-state index is 9.44. The Morgan fingerprint density at radius 1 is 1.18 bits per heavy atom. The highest BCUT2D eigenvalue weighted by Crippen LogP contribution is 2.39. The van der Waals surface area contributed by atoms with Gasteiger partial charge in [0.05, 0.1) is 7.11 Å². The Morgan fingerprint density at radius 3 is 2.59 bits per heavy atom. The molecule has 2 aromatic rings. The second-order valence-corrected chi connectivity index (χ2v) is 4.49. The van der Waals surface area contributed by atoms with Crippen LogP contribution in [-0.2, 0) is 0 Å². The first-order valence-corrected chi connectivity index (χ1v) is 6.32. The highest BCUT2D eigenvalue weighted by atomic mass is 16.7. The summed E-state index contributed by atoms with van der Waals surface area (Å²) < 4.78 is 15.7. The Morgan fingerprint density at radius 2 is 1.91 bits per heavy atom. The molecule has 1 aromatic carbocycles. The van der Waals surface area contributed by atoms with Gasteiger partial charge in [-0.25, -0.2) is 4.98 Å². The zero-order valence-corrected chi connectivity index (χ0v) is 11.6. The normalized spacial score (nSPS) is 11.6. The number of fused-ring (bicyclic) bond motifs is 1. The predicted octanol–water partition coefficient (Wildman–Crippen LogP) is 1.23.